The first-order valence-electron chi connectivity index (χ1n) is 22.3. The van der Waals surface area contributed by atoms with Gasteiger partial charge in [0, 0.05) is 32.7 Å². The van der Waals surface area contributed by atoms with Crippen molar-refractivity contribution in [3.05, 3.63) is 124 Å². The molecule has 0 spiro atoms. The van der Waals surface area contributed by atoms with Gasteiger partial charge < -0.3 is 9.47 Å². The molecule has 1 aromatic heterocycles. The van der Waals surface area contributed by atoms with Gasteiger partial charge in [-0.05, 0) is 162 Å². The molecule has 1 heterocycles. The van der Waals surface area contributed by atoms with Gasteiger partial charge in [-0.2, -0.15) is 0 Å². The first kappa shape index (κ1) is 41.9. The van der Waals surface area contributed by atoms with Crippen LogP contribution in [0.3, 0.4) is 0 Å². The fourth-order valence-corrected chi connectivity index (χ4v) is 11.1. The molecule has 0 aliphatic heterocycles. The first-order chi connectivity index (χ1) is 27.3. The van der Waals surface area contributed by atoms with Gasteiger partial charge in [0.15, 0.2) is 0 Å². The summed E-state index contributed by atoms with van der Waals surface area (Å²) in [5.41, 5.74) is 14.7. The third-order valence-corrected chi connectivity index (χ3v) is 15.5. The predicted octanol–water partition coefficient (Wildman–Crippen LogP) is 16.6. The van der Waals surface area contributed by atoms with Crippen molar-refractivity contribution >= 4 is 49.1 Å². The van der Waals surface area contributed by atoms with Gasteiger partial charge in [-0.3, -0.25) is 0 Å². The number of fused-ring (bicyclic) bond motifs is 5. The quantitative estimate of drug-likeness (QED) is 0.168. The topological polar surface area (TPSA) is 8.17 Å². The molecule has 4 atom stereocenters. The van der Waals surface area contributed by atoms with Crippen LogP contribution in [0.1, 0.15) is 139 Å². The molecule has 2 bridgehead atoms. The van der Waals surface area contributed by atoms with E-state index in [1.165, 1.54) is 89.6 Å². The summed E-state index contributed by atoms with van der Waals surface area (Å²) in [6.07, 6.45) is 2.50. The van der Waals surface area contributed by atoms with Crippen LogP contribution in [0.4, 0.5) is 11.4 Å². The van der Waals surface area contributed by atoms with Gasteiger partial charge in [0.25, 0.3) is 0 Å². The highest BCUT2D eigenvalue weighted by atomic mass is 79.9. The molecular weight excluding hydrogens is 781 g/mol. The Kier molecular flexibility index (Phi) is 10.0. The molecule has 4 unspecified atom stereocenters. The van der Waals surface area contributed by atoms with Gasteiger partial charge in [-0.25, -0.2) is 0 Å². The van der Waals surface area contributed by atoms with E-state index in [2.05, 4.69) is 226 Å². The minimum absolute atomic E-state index is 0.0410. The van der Waals surface area contributed by atoms with E-state index in [0.29, 0.717) is 29.2 Å². The van der Waals surface area contributed by atoms with E-state index >= 15 is 0 Å². The highest BCUT2D eigenvalue weighted by molar-refractivity contribution is 9.10. The van der Waals surface area contributed by atoms with E-state index in [0.717, 1.165) is 0 Å². The van der Waals surface area contributed by atoms with Crippen molar-refractivity contribution in [1.29, 1.82) is 0 Å². The summed E-state index contributed by atoms with van der Waals surface area (Å²) in [5, 5.41) is 2.64. The summed E-state index contributed by atoms with van der Waals surface area (Å²) in [7, 11) is 0. The fraction of sp³-hybridized carbons (Fsp3) is 0.464. The van der Waals surface area contributed by atoms with Crippen molar-refractivity contribution < 1.29 is 0 Å². The Balaban J connectivity index is 1.43. The molecule has 2 nitrogen and oxygen atoms in total. The summed E-state index contributed by atoms with van der Waals surface area (Å²) in [6.45, 7) is 35.4. The van der Waals surface area contributed by atoms with Crippen molar-refractivity contribution in [3.8, 4) is 16.8 Å². The molecule has 2 fully saturated rings. The lowest BCUT2D eigenvalue weighted by atomic mass is 9.68. The van der Waals surface area contributed by atoms with Crippen LogP contribution < -0.4 is 4.90 Å². The zero-order valence-electron chi connectivity index (χ0n) is 38.7. The molecule has 0 radical (unpaired) electrons. The number of anilines is 2. The normalized spacial score (nSPS) is 20.9. The number of nitrogens with zero attached hydrogens (tertiary/aromatic N) is 2. The predicted molar refractivity (Wildman–Crippen MR) is 260 cm³/mol. The molecule has 2 aliphatic carbocycles. The molecule has 59 heavy (non-hydrogen) atoms. The van der Waals surface area contributed by atoms with Crippen LogP contribution in [0.15, 0.2) is 102 Å². The van der Waals surface area contributed by atoms with Gasteiger partial charge in [0.1, 0.15) is 0 Å². The summed E-state index contributed by atoms with van der Waals surface area (Å²) in [4.78, 5) is 2.76. The van der Waals surface area contributed by atoms with E-state index in [9.17, 15) is 0 Å². The van der Waals surface area contributed by atoms with Crippen LogP contribution >= 0.6 is 15.9 Å². The highest BCUT2D eigenvalue weighted by Crippen LogP contribution is 2.62. The zero-order chi connectivity index (χ0) is 42.8. The van der Waals surface area contributed by atoms with Crippen LogP contribution in [-0.2, 0) is 21.7 Å². The lowest BCUT2D eigenvalue weighted by molar-refractivity contribution is 0.123. The minimum Gasteiger partial charge on any atom is -0.337 e. The average molecular weight is 850 g/mol. The molecule has 5 aromatic carbocycles. The van der Waals surface area contributed by atoms with Gasteiger partial charge in [0.2, 0.25) is 0 Å². The molecule has 6 aromatic rings. The first-order valence-corrected chi connectivity index (χ1v) is 23.1. The van der Waals surface area contributed by atoms with Gasteiger partial charge in [-0.1, -0.05) is 146 Å². The van der Waals surface area contributed by atoms with Crippen LogP contribution in [0.2, 0.25) is 0 Å². The van der Waals surface area contributed by atoms with Crippen LogP contribution in [0.25, 0.3) is 38.6 Å². The number of benzene rings is 5. The Morgan fingerprint density at radius 1 is 0.559 bits per heavy atom. The molecule has 0 saturated heterocycles. The smallest absolute Gasteiger partial charge is 0.0558 e. The Morgan fingerprint density at radius 2 is 1.05 bits per heavy atom. The van der Waals surface area contributed by atoms with Crippen molar-refractivity contribution in [3.63, 3.8) is 0 Å². The Bertz CT molecular complexity index is 2480. The molecular formula is C56H69BrN2. The summed E-state index contributed by atoms with van der Waals surface area (Å²) >= 11 is 4.19. The van der Waals surface area contributed by atoms with Gasteiger partial charge in [0.05, 0.1) is 16.7 Å². The summed E-state index contributed by atoms with van der Waals surface area (Å²) in [5.74, 6) is 1.96. The number of rotatable bonds is 5. The van der Waals surface area contributed by atoms with E-state index in [1.807, 2.05) is 0 Å². The van der Waals surface area contributed by atoms with Crippen molar-refractivity contribution in [1.82, 2.24) is 4.57 Å². The number of hydrogen-bond donors (Lipinski definition) is 0. The number of aromatic nitrogens is 1. The number of halogens is 1. The van der Waals surface area contributed by atoms with Crippen LogP contribution in [0, 0.1) is 23.2 Å². The number of hydrogen-bond acceptors (Lipinski definition) is 1. The summed E-state index contributed by atoms with van der Waals surface area (Å²) in [6, 6.07) is 38.8. The third kappa shape index (κ3) is 7.40. The molecule has 310 valence electrons. The van der Waals surface area contributed by atoms with E-state index in [4.69, 9.17) is 0 Å². The molecule has 0 N–H and O–H groups in total. The lowest BCUT2D eigenvalue weighted by Crippen LogP contribution is -2.43. The highest BCUT2D eigenvalue weighted by Gasteiger charge is 2.56. The van der Waals surface area contributed by atoms with Crippen molar-refractivity contribution in [2.75, 3.05) is 4.90 Å². The van der Waals surface area contributed by atoms with E-state index < -0.39 is 0 Å². The molecule has 2 aliphatic rings. The van der Waals surface area contributed by atoms with Gasteiger partial charge >= 0.3 is 0 Å². The second-order valence-corrected chi connectivity index (χ2v) is 24.0. The largest absolute Gasteiger partial charge is 0.337 e. The second-order valence-electron chi connectivity index (χ2n) is 23.2. The standard InChI is InChI=1S/C56H69BrN2/c1-34-44-30-41(56(34,14)15)32-51(44)59(50-25-22-40(31-47(50)57)55(11,12)13)43-27-36(35-16-18-37(19-17-35)52(2,3)4)26-42(33-43)58-48-23-20-38(53(5,6)7)28-45(48)46-29-39(54(8,9)10)21-24-49(46)58/h16-29,31,33-34,41,44,51H,30,32H2,1-15H3. The maximum Gasteiger partial charge on any atom is 0.0558 e. The lowest BCUT2D eigenvalue weighted by Gasteiger charge is -2.45. The molecule has 0 amide bonds. The maximum absolute atomic E-state index is 4.19. The maximum atomic E-state index is 4.19. The SMILES string of the molecule is CC1C2CC(CC2N(c2cc(-c3ccc(C(C)(C)C)cc3)cc(-n3c4ccc(C(C)(C)C)cc4c4cc(C(C)(C)C)ccc43)c2)c2ccc(C(C)(C)C)cc2Br)C1(C)C. The fourth-order valence-electron chi connectivity index (χ4n) is 10.5. The zero-order valence-corrected chi connectivity index (χ0v) is 40.3. The average Bonchev–Trinajstić information content (AvgIpc) is 3.79. The Labute approximate surface area is 364 Å². The Morgan fingerprint density at radius 3 is 1.53 bits per heavy atom. The molecule has 8 rings (SSSR count). The van der Waals surface area contributed by atoms with Crippen molar-refractivity contribution in [2.24, 2.45) is 23.2 Å². The van der Waals surface area contributed by atoms with Crippen molar-refractivity contribution in [2.45, 2.75) is 144 Å². The van der Waals surface area contributed by atoms with Gasteiger partial charge in [-0.15, -0.1) is 0 Å². The summed E-state index contributed by atoms with van der Waals surface area (Å²) < 4.78 is 3.73. The third-order valence-electron chi connectivity index (χ3n) is 14.9. The second kappa shape index (κ2) is 14.1. The van der Waals surface area contributed by atoms with E-state index in [-0.39, 0.29) is 21.7 Å². The molecule has 3 heteroatoms. The van der Waals surface area contributed by atoms with Crippen LogP contribution in [0.5, 0.6) is 0 Å². The van der Waals surface area contributed by atoms with Crippen LogP contribution in [-0.4, -0.2) is 10.6 Å². The molecule has 2 saturated carbocycles. The monoisotopic (exact) mass is 848 g/mol. The Hall–Kier alpha value is -3.82. The van der Waals surface area contributed by atoms with E-state index in [1.54, 1.807) is 0 Å². The minimum atomic E-state index is 0.0410.